The minimum atomic E-state index is 0.149. The van der Waals surface area contributed by atoms with E-state index in [0.717, 1.165) is 17.9 Å². The zero-order valence-corrected chi connectivity index (χ0v) is 10.8. The lowest BCUT2D eigenvalue weighted by Crippen LogP contribution is -2.15. The van der Waals surface area contributed by atoms with Crippen molar-refractivity contribution in [3.8, 4) is 0 Å². The third kappa shape index (κ3) is 3.97. The quantitative estimate of drug-likeness (QED) is 0.772. The molecule has 0 aliphatic carbocycles. The van der Waals surface area contributed by atoms with Crippen LogP contribution in [0.4, 0.5) is 0 Å². The van der Waals surface area contributed by atoms with Crippen molar-refractivity contribution in [1.82, 2.24) is 9.78 Å². The normalized spacial score (nSPS) is 15.0. The van der Waals surface area contributed by atoms with Crippen LogP contribution in [-0.4, -0.2) is 9.78 Å². The maximum atomic E-state index is 6.20. The molecule has 1 heterocycles. The van der Waals surface area contributed by atoms with Gasteiger partial charge in [-0.05, 0) is 12.3 Å². The summed E-state index contributed by atoms with van der Waals surface area (Å²) in [7, 11) is 1.94. The number of aromatic nitrogens is 2. The molecule has 2 atom stereocenters. The molecule has 0 aromatic carbocycles. The summed E-state index contributed by atoms with van der Waals surface area (Å²) in [4.78, 5) is 0. The highest BCUT2D eigenvalue weighted by Gasteiger charge is 2.14. The average Bonchev–Trinajstić information content (AvgIpc) is 2.70. The van der Waals surface area contributed by atoms with E-state index in [0.29, 0.717) is 0 Å². The predicted molar refractivity (Wildman–Crippen MR) is 68.1 cm³/mol. The molecule has 0 aliphatic rings. The second-order valence-electron chi connectivity index (χ2n) is 4.71. The van der Waals surface area contributed by atoms with Gasteiger partial charge < -0.3 is 5.73 Å². The molecule has 0 aliphatic heterocycles. The second kappa shape index (κ2) is 6.69. The molecule has 1 aromatic rings. The first-order valence-corrected chi connectivity index (χ1v) is 6.41. The summed E-state index contributed by atoms with van der Waals surface area (Å²) in [5.74, 6) is 0.759. The van der Waals surface area contributed by atoms with Crippen molar-refractivity contribution in [2.75, 3.05) is 0 Å². The van der Waals surface area contributed by atoms with Gasteiger partial charge in [-0.15, -0.1) is 0 Å². The van der Waals surface area contributed by atoms with Crippen LogP contribution in [-0.2, 0) is 7.05 Å². The summed E-state index contributed by atoms with van der Waals surface area (Å²) in [6, 6.07) is 0.149. The smallest absolute Gasteiger partial charge is 0.0537 e. The van der Waals surface area contributed by atoms with E-state index in [1.807, 2.05) is 24.1 Å². The van der Waals surface area contributed by atoms with Gasteiger partial charge in [-0.1, -0.05) is 39.5 Å². The Hall–Kier alpha value is -0.830. The van der Waals surface area contributed by atoms with Crippen LogP contribution in [0, 0.1) is 5.92 Å². The highest BCUT2D eigenvalue weighted by Crippen LogP contribution is 2.24. The van der Waals surface area contributed by atoms with Gasteiger partial charge in [0, 0.05) is 24.8 Å². The lowest BCUT2D eigenvalue weighted by atomic mass is 9.90. The lowest BCUT2D eigenvalue weighted by Gasteiger charge is -2.18. The van der Waals surface area contributed by atoms with Crippen LogP contribution in [0.2, 0.25) is 0 Å². The first-order chi connectivity index (χ1) is 7.67. The monoisotopic (exact) mass is 223 g/mol. The molecule has 2 N–H and O–H groups in total. The molecule has 16 heavy (non-hydrogen) atoms. The second-order valence-corrected chi connectivity index (χ2v) is 4.71. The summed E-state index contributed by atoms with van der Waals surface area (Å²) in [6.07, 6.45) is 10.1. The van der Waals surface area contributed by atoms with E-state index in [1.165, 1.54) is 25.7 Å². The number of hydrogen-bond acceptors (Lipinski definition) is 2. The molecule has 0 spiro atoms. The number of unbranched alkanes of at least 4 members (excludes halogenated alkanes) is 1. The largest absolute Gasteiger partial charge is 0.324 e. The van der Waals surface area contributed by atoms with E-state index in [9.17, 15) is 0 Å². The van der Waals surface area contributed by atoms with Gasteiger partial charge >= 0.3 is 0 Å². The summed E-state index contributed by atoms with van der Waals surface area (Å²) in [5.41, 5.74) is 7.37. The van der Waals surface area contributed by atoms with Crippen molar-refractivity contribution < 1.29 is 0 Å². The Balaban J connectivity index is 2.45. The van der Waals surface area contributed by atoms with Crippen LogP contribution in [0.1, 0.15) is 57.6 Å². The SMILES string of the molecule is CCCCC(CC)CC(N)c1cnn(C)c1. The standard InChI is InChI=1S/C13H25N3/c1-4-6-7-11(5-2)8-13(14)12-9-15-16(3)10-12/h9-11,13H,4-8,14H2,1-3H3. The van der Waals surface area contributed by atoms with Crippen molar-refractivity contribution in [3.05, 3.63) is 18.0 Å². The first kappa shape index (κ1) is 13.2. The van der Waals surface area contributed by atoms with E-state index in [2.05, 4.69) is 18.9 Å². The summed E-state index contributed by atoms with van der Waals surface area (Å²) in [5, 5.41) is 4.17. The van der Waals surface area contributed by atoms with Crippen molar-refractivity contribution in [3.63, 3.8) is 0 Å². The summed E-state index contributed by atoms with van der Waals surface area (Å²) in [6.45, 7) is 4.50. The Morgan fingerprint density at radius 1 is 1.44 bits per heavy atom. The number of aryl methyl sites for hydroxylation is 1. The van der Waals surface area contributed by atoms with Crippen molar-refractivity contribution in [2.45, 2.75) is 52.0 Å². The van der Waals surface area contributed by atoms with Crippen molar-refractivity contribution >= 4 is 0 Å². The van der Waals surface area contributed by atoms with E-state index < -0.39 is 0 Å². The fraction of sp³-hybridized carbons (Fsp3) is 0.769. The van der Waals surface area contributed by atoms with Crippen molar-refractivity contribution in [2.24, 2.45) is 18.7 Å². The third-order valence-electron chi connectivity index (χ3n) is 3.28. The van der Waals surface area contributed by atoms with Gasteiger partial charge in [0.2, 0.25) is 0 Å². The van der Waals surface area contributed by atoms with Crippen LogP contribution < -0.4 is 5.73 Å². The Morgan fingerprint density at radius 2 is 2.19 bits per heavy atom. The maximum Gasteiger partial charge on any atom is 0.0537 e. The lowest BCUT2D eigenvalue weighted by molar-refractivity contribution is 0.388. The molecule has 0 bridgehead atoms. The van der Waals surface area contributed by atoms with Gasteiger partial charge in [0.25, 0.3) is 0 Å². The fourth-order valence-corrected chi connectivity index (χ4v) is 2.11. The minimum absolute atomic E-state index is 0.149. The van der Waals surface area contributed by atoms with Crippen LogP contribution >= 0.6 is 0 Å². The van der Waals surface area contributed by atoms with Crippen LogP contribution in [0.5, 0.6) is 0 Å². The molecule has 0 saturated carbocycles. The Kier molecular flexibility index (Phi) is 5.53. The molecule has 0 amide bonds. The fourth-order valence-electron chi connectivity index (χ4n) is 2.11. The molecular formula is C13H25N3. The van der Waals surface area contributed by atoms with E-state index in [1.54, 1.807) is 0 Å². The zero-order chi connectivity index (χ0) is 12.0. The van der Waals surface area contributed by atoms with Crippen LogP contribution in [0.25, 0.3) is 0 Å². The Bertz CT molecular complexity index is 293. The zero-order valence-electron chi connectivity index (χ0n) is 10.8. The average molecular weight is 223 g/mol. The van der Waals surface area contributed by atoms with Crippen LogP contribution in [0.15, 0.2) is 12.4 Å². The highest BCUT2D eigenvalue weighted by molar-refractivity contribution is 5.09. The molecule has 3 nitrogen and oxygen atoms in total. The van der Waals surface area contributed by atoms with Gasteiger partial charge in [0.05, 0.1) is 6.20 Å². The van der Waals surface area contributed by atoms with Gasteiger partial charge in [0.1, 0.15) is 0 Å². The molecule has 3 heteroatoms. The minimum Gasteiger partial charge on any atom is -0.324 e. The number of nitrogens with zero attached hydrogens (tertiary/aromatic N) is 2. The van der Waals surface area contributed by atoms with Crippen LogP contribution in [0.3, 0.4) is 0 Å². The molecule has 92 valence electrons. The molecule has 2 unspecified atom stereocenters. The number of hydrogen-bond donors (Lipinski definition) is 1. The Labute approximate surface area is 99.0 Å². The topological polar surface area (TPSA) is 43.8 Å². The molecule has 0 saturated heterocycles. The maximum absolute atomic E-state index is 6.20. The molecule has 1 rings (SSSR count). The highest BCUT2D eigenvalue weighted by atomic mass is 15.2. The van der Waals surface area contributed by atoms with E-state index >= 15 is 0 Å². The van der Waals surface area contributed by atoms with Gasteiger partial charge in [-0.25, -0.2) is 0 Å². The predicted octanol–water partition coefficient (Wildman–Crippen LogP) is 3.03. The molecule has 0 fully saturated rings. The molecule has 0 radical (unpaired) electrons. The molecular weight excluding hydrogens is 198 g/mol. The summed E-state index contributed by atoms with van der Waals surface area (Å²) >= 11 is 0. The van der Waals surface area contributed by atoms with E-state index in [-0.39, 0.29) is 6.04 Å². The number of nitrogens with two attached hydrogens (primary N) is 1. The third-order valence-corrected chi connectivity index (χ3v) is 3.28. The van der Waals surface area contributed by atoms with Crippen molar-refractivity contribution in [1.29, 1.82) is 0 Å². The Morgan fingerprint density at radius 3 is 2.69 bits per heavy atom. The van der Waals surface area contributed by atoms with Gasteiger partial charge in [-0.3, -0.25) is 4.68 Å². The van der Waals surface area contributed by atoms with Gasteiger partial charge in [0.15, 0.2) is 0 Å². The van der Waals surface area contributed by atoms with E-state index in [4.69, 9.17) is 5.73 Å². The first-order valence-electron chi connectivity index (χ1n) is 6.41. The summed E-state index contributed by atoms with van der Waals surface area (Å²) < 4.78 is 1.82. The molecule has 1 aromatic heterocycles. The van der Waals surface area contributed by atoms with Gasteiger partial charge in [-0.2, -0.15) is 5.10 Å². The number of rotatable bonds is 7.